The number of hydrogen-bond acceptors (Lipinski definition) is 4. The number of fused-ring (bicyclic) bond motifs is 1. The van der Waals surface area contributed by atoms with Crippen LogP contribution in [0.3, 0.4) is 0 Å². The van der Waals surface area contributed by atoms with Gasteiger partial charge in [-0.1, -0.05) is 6.08 Å². The minimum atomic E-state index is 0.267. The molecule has 1 fully saturated rings. The predicted octanol–water partition coefficient (Wildman–Crippen LogP) is 2.14. The first-order chi connectivity index (χ1) is 7.27. The van der Waals surface area contributed by atoms with E-state index in [1.807, 2.05) is 41.6 Å². The van der Waals surface area contributed by atoms with Gasteiger partial charge in [-0.05, 0) is 17.5 Å². The number of carbonyl (C=O) groups is 1. The van der Waals surface area contributed by atoms with Crippen molar-refractivity contribution in [3.8, 4) is 0 Å². The maximum absolute atomic E-state index is 10.7. The summed E-state index contributed by atoms with van der Waals surface area (Å²) in [6.45, 7) is 0. The van der Waals surface area contributed by atoms with Crippen molar-refractivity contribution in [3.05, 3.63) is 29.8 Å². The molecular weight excluding hydrogens is 228 g/mol. The standard InChI is InChI=1S/C6H7NOS.C4H5NS/c8-5-4-6-7(5)2-1-3-9-6;5-4-2-1-3-6-4/h1-2,6H,3-4H2;1-3H,5H2/t6-;/m1./s1. The molecule has 0 radical (unpaired) electrons. The summed E-state index contributed by atoms with van der Waals surface area (Å²) in [5.41, 5.74) is 5.30. The first-order valence-corrected chi connectivity index (χ1v) is 6.58. The fourth-order valence-electron chi connectivity index (χ4n) is 1.33. The molecule has 0 spiro atoms. The third-order valence-electron chi connectivity index (χ3n) is 2.14. The molecule has 0 bridgehead atoms. The summed E-state index contributed by atoms with van der Waals surface area (Å²) in [6.07, 6.45) is 4.67. The van der Waals surface area contributed by atoms with Gasteiger partial charge in [0.1, 0.15) is 0 Å². The van der Waals surface area contributed by atoms with Crippen molar-refractivity contribution in [1.82, 2.24) is 4.90 Å². The number of nitrogens with zero attached hydrogens (tertiary/aromatic N) is 1. The van der Waals surface area contributed by atoms with Crippen LogP contribution in [0.1, 0.15) is 6.42 Å². The lowest BCUT2D eigenvalue weighted by Crippen LogP contribution is -2.48. The molecule has 0 aromatic carbocycles. The van der Waals surface area contributed by atoms with Gasteiger partial charge in [-0.3, -0.25) is 4.79 Å². The normalized spacial score (nSPS) is 22.5. The lowest BCUT2D eigenvalue weighted by atomic mass is 10.2. The Morgan fingerprint density at radius 3 is 2.80 bits per heavy atom. The van der Waals surface area contributed by atoms with Gasteiger partial charge in [-0.2, -0.15) is 0 Å². The van der Waals surface area contributed by atoms with Crippen LogP contribution < -0.4 is 5.73 Å². The van der Waals surface area contributed by atoms with E-state index >= 15 is 0 Å². The first-order valence-electron chi connectivity index (χ1n) is 4.66. The van der Waals surface area contributed by atoms with Crippen LogP contribution in [0.15, 0.2) is 29.8 Å². The van der Waals surface area contributed by atoms with Crippen molar-refractivity contribution in [1.29, 1.82) is 0 Å². The summed E-state index contributed by atoms with van der Waals surface area (Å²) >= 11 is 3.39. The molecule has 15 heavy (non-hydrogen) atoms. The Hall–Kier alpha value is -0.940. The van der Waals surface area contributed by atoms with E-state index in [-0.39, 0.29) is 5.91 Å². The smallest absolute Gasteiger partial charge is 0.230 e. The van der Waals surface area contributed by atoms with Gasteiger partial charge in [0.05, 0.1) is 16.8 Å². The third-order valence-corrected chi connectivity index (χ3v) is 4.01. The van der Waals surface area contributed by atoms with Gasteiger partial charge >= 0.3 is 0 Å². The molecule has 1 aromatic heterocycles. The molecule has 0 unspecified atom stereocenters. The van der Waals surface area contributed by atoms with Crippen molar-refractivity contribution in [3.63, 3.8) is 0 Å². The highest BCUT2D eigenvalue weighted by atomic mass is 32.2. The van der Waals surface area contributed by atoms with Crippen LogP contribution in [0.4, 0.5) is 5.00 Å². The van der Waals surface area contributed by atoms with E-state index in [4.69, 9.17) is 5.73 Å². The summed E-state index contributed by atoms with van der Waals surface area (Å²) in [6, 6.07) is 3.81. The number of nitrogens with two attached hydrogens (primary N) is 1. The lowest BCUT2D eigenvalue weighted by Gasteiger charge is -2.39. The number of thiophene rings is 1. The Morgan fingerprint density at radius 2 is 2.40 bits per heavy atom. The lowest BCUT2D eigenvalue weighted by molar-refractivity contribution is -0.137. The summed E-state index contributed by atoms with van der Waals surface area (Å²) < 4.78 is 0. The molecule has 3 nitrogen and oxygen atoms in total. The number of hydrogen-bond donors (Lipinski definition) is 1. The molecule has 0 aliphatic carbocycles. The Bertz CT molecular complexity index is 362. The molecule has 1 saturated heterocycles. The molecule has 2 N–H and O–H groups in total. The van der Waals surface area contributed by atoms with Crippen LogP contribution in [-0.2, 0) is 4.79 Å². The van der Waals surface area contributed by atoms with Gasteiger partial charge in [-0.15, -0.1) is 23.1 Å². The van der Waals surface area contributed by atoms with Gasteiger partial charge in [0.2, 0.25) is 5.91 Å². The van der Waals surface area contributed by atoms with Crippen molar-refractivity contribution in [2.75, 3.05) is 11.5 Å². The second-order valence-corrected chi connectivity index (χ2v) is 5.38. The number of rotatable bonds is 0. The summed E-state index contributed by atoms with van der Waals surface area (Å²) in [4.78, 5) is 12.5. The average molecular weight is 240 g/mol. The molecule has 2 aliphatic rings. The zero-order valence-corrected chi connectivity index (χ0v) is 9.76. The van der Waals surface area contributed by atoms with Crippen molar-refractivity contribution < 1.29 is 4.79 Å². The van der Waals surface area contributed by atoms with Gasteiger partial charge < -0.3 is 10.6 Å². The molecule has 80 valence electrons. The van der Waals surface area contributed by atoms with E-state index in [9.17, 15) is 4.79 Å². The quantitative estimate of drug-likeness (QED) is 0.707. The second kappa shape index (κ2) is 4.72. The van der Waals surface area contributed by atoms with E-state index in [1.54, 1.807) is 16.2 Å². The van der Waals surface area contributed by atoms with Crippen molar-refractivity contribution >= 4 is 34.0 Å². The third kappa shape index (κ3) is 2.54. The first kappa shape index (κ1) is 10.6. The Balaban J connectivity index is 0.000000124. The van der Waals surface area contributed by atoms with E-state index in [1.165, 1.54) is 0 Å². The van der Waals surface area contributed by atoms with Crippen LogP contribution in [0.5, 0.6) is 0 Å². The van der Waals surface area contributed by atoms with Gasteiger partial charge in [0.25, 0.3) is 0 Å². The van der Waals surface area contributed by atoms with Crippen LogP contribution in [0.25, 0.3) is 0 Å². The van der Waals surface area contributed by atoms with E-state index < -0.39 is 0 Å². The molecule has 1 aromatic rings. The van der Waals surface area contributed by atoms with Crippen molar-refractivity contribution in [2.45, 2.75) is 11.8 Å². The molecule has 1 amide bonds. The summed E-state index contributed by atoms with van der Waals surface area (Å²) in [7, 11) is 0. The minimum Gasteiger partial charge on any atom is -0.391 e. The van der Waals surface area contributed by atoms with E-state index in [2.05, 4.69) is 0 Å². The van der Waals surface area contributed by atoms with Gasteiger partial charge in [0, 0.05) is 12.0 Å². The molecule has 3 heterocycles. The van der Waals surface area contributed by atoms with Crippen LogP contribution in [0, 0.1) is 0 Å². The number of nitrogen functional groups attached to an aromatic ring is 1. The highest BCUT2D eigenvalue weighted by Gasteiger charge is 2.35. The van der Waals surface area contributed by atoms with Crippen LogP contribution in [-0.4, -0.2) is 21.9 Å². The maximum Gasteiger partial charge on any atom is 0.230 e. The van der Waals surface area contributed by atoms with Crippen LogP contribution >= 0.6 is 23.1 Å². The number of carbonyl (C=O) groups excluding carboxylic acids is 1. The Morgan fingerprint density at radius 1 is 1.53 bits per heavy atom. The number of β-lactam (4-membered cyclic amide) rings is 1. The SMILES string of the molecule is Nc1cccs1.O=C1C[C@H]2SCC=CN12. The molecule has 0 saturated carbocycles. The zero-order chi connectivity index (χ0) is 10.7. The largest absolute Gasteiger partial charge is 0.391 e. The fourth-order valence-corrected chi connectivity index (χ4v) is 2.83. The second-order valence-electron chi connectivity index (χ2n) is 3.19. The van der Waals surface area contributed by atoms with E-state index in [0.717, 1.165) is 17.2 Å². The van der Waals surface area contributed by atoms with Crippen molar-refractivity contribution in [2.24, 2.45) is 0 Å². The maximum atomic E-state index is 10.7. The average Bonchev–Trinajstić information content (AvgIpc) is 2.69. The Labute approximate surface area is 97.0 Å². The summed E-state index contributed by atoms with van der Waals surface area (Å²) in [5, 5.41) is 3.31. The number of amides is 1. The predicted molar refractivity (Wildman–Crippen MR) is 65.6 cm³/mol. The topological polar surface area (TPSA) is 46.3 Å². The van der Waals surface area contributed by atoms with Gasteiger partial charge in [0.15, 0.2) is 0 Å². The van der Waals surface area contributed by atoms with Gasteiger partial charge in [-0.25, -0.2) is 0 Å². The highest BCUT2D eigenvalue weighted by Crippen LogP contribution is 2.32. The molecule has 3 rings (SSSR count). The Kier molecular flexibility index (Phi) is 3.33. The molecule has 2 aliphatic heterocycles. The number of thioether (sulfide) groups is 1. The van der Waals surface area contributed by atoms with E-state index in [0.29, 0.717) is 5.37 Å². The molecular formula is C10H12N2OS2. The monoisotopic (exact) mass is 240 g/mol. The molecule has 1 atom stereocenters. The minimum absolute atomic E-state index is 0.267. The van der Waals surface area contributed by atoms with Crippen LogP contribution in [0.2, 0.25) is 0 Å². The number of anilines is 1. The zero-order valence-electron chi connectivity index (χ0n) is 8.13. The molecule has 5 heteroatoms. The highest BCUT2D eigenvalue weighted by molar-refractivity contribution is 8.00. The summed E-state index contributed by atoms with van der Waals surface area (Å²) in [5.74, 6) is 1.33. The fraction of sp³-hybridized carbons (Fsp3) is 0.300.